The average molecular weight is 279 g/mol. The maximum absolute atomic E-state index is 12.5. The van der Waals surface area contributed by atoms with Gasteiger partial charge in [-0.25, -0.2) is 4.79 Å². The minimum Gasteiger partial charge on any atom is -0.444 e. The molecule has 0 bridgehead atoms. The van der Waals surface area contributed by atoms with Crippen LogP contribution in [0.25, 0.3) is 0 Å². The maximum Gasteiger partial charge on any atom is 0.410 e. The Balaban J connectivity index is 1.81. The quantitative estimate of drug-likeness (QED) is 0.684. The fourth-order valence-electron chi connectivity index (χ4n) is 4.45. The molecule has 2 atom stereocenters. The van der Waals surface area contributed by atoms with Crippen LogP contribution in [0.2, 0.25) is 0 Å². The van der Waals surface area contributed by atoms with Crippen LogP contribution < -0.4 is 0 Å². The van der Waals surface area contributed by atoms with Gasteiger partial charge in [0.15, 0.2) is 0 Å². The molecule has 3 aliphatic rings. The van der Waals surface area contributed by atoms with Gasteiger partial charge in [0.1, 0.15) is 11.4 Å². The van der Waals surface area contributed by atoms with Gasteiger partial charge in [0.25, 0.3) is 0 Å². The summed E-state index contributed by atoms with van der Waals surface area (Å²) in [6.07, 6.45) is 5.81. The number of carbonyl (C=O) groups is 2. The molecule has 112 valence electrons. The molecule has 0 radical (unpaired) electrons. The van der Waals surface area contributed by atoms with E-state index in [-0.39, 0.29) is 23.5 Å². The van der Waals surface area contributed by atoms with Gasteiger partial charge in [-0.1, -0.05) is 12.8 Å². The number of ketones is 1. The predicted molar refractivity (Wildman–Crippen MR) is 75.4 cm³/mol. The van der Waals surface area contributed by atoms with Crippen molar-refractivity contribution in [2.75, 3.05) is 6.54 Å². The predicted octanol–water partition coefficient (Wildman–Crippen LogP) is 3.15. The lowest BCUT2D eigenvalue weighted by Crippen LogP contribution is -2.70. The first-order valence-corrected chi connectivity index (χ1v) is 7.89. The van der Waals surface area contributed by atoms with Crippen molar-refractivity contribution in [3.05, 3.63) is 0 Å². The Hall–Kier alpha value is -1.06. The van der Waals surface area contributed by atoms with Crippen LogP contribution in [-0.4, -0.2) is 35.0 Å². The van der Waals surface area contributed by atoms with Crippen LogP contribution in [0.3, 0.4) is 0 Å². The summed E-state index contributed by atoms with van der Waals surface area (Å²) < 4.78 is 5.54. The average Bonchev–Trinajstić information content (AvgIpc) is 2.87. The fourth-order valence-corrected chi connectivity index (χ4v) is 4.45. The van der Waals surface area contributed by atoms with Crippen molar-refractivity contribution in [2.24, 2.45) is 11.3 Å². The van der Waals surface area contributed by atoms with Crippen molar-refractivity contribution in [1.29, 1.82) is 0 Å². The number of likely N-dealkylation sites (tertiary alicyclic amines) is 1. The molecule has 0 aromatic carbocycles. The number of ether oxygens (including phenoxy) is 1. The zero-order valence-electron chi connectivity index (χ0n) is 12.8. The first kappa shape index (κ1) is 13.9. The summed E-state index contributed by atoms with van der Waals surface area (Å²) in [5.74, 6) is 0.502. The van der Waals surface area contributed by atoms with Crippen LogP contribution in [0, 0.1) is 11.3 Å². The zero-order valence-corrected chi connectivity index (χ0v) is 12.8. The zero-order chi connectivity index (χ0) is 14.5. The summed E-state index contributed by atoms with van der Waals surface area (Å²) in [7, 11) is 0. The Kier molecular flexibility index (Phi) is 3.11. The van der Waals surface area contributed by atoms with Gasteiger partial charge in [0.05, 0.1) is 11.5 Å². The second-order valence-electron chi connectivity index (χ2n) is 7.59. The second kappa shape index (κ2) is 4.47. The van der Waals surface area contributed by atoms with Gasteiger partial charge in [-0.3, -0.25) is 4.79 Å². The van der Waals surface area contributed by atoms with Crippen molar-refractivity contribution in [3.63, 3.8) is 0 Å². The molecule has 4 nitrogen and oxygen atoms in total. The standard InChI is InChI=1S/C16H25NO3/c1-15(2,3)20-14(19)17-10-6-7-11-12(17)16(13(11)18)8-4-5-9-16/h11-12H,4-10H2,1-3H3/t11-,12+/m1/s1. The molecule has 0 aromatic rings. The van der Waals surface area contributed by atoms with Crippen molar-refractivity contribution >= 4 is 11.9 Å². The number of Topliss-reactive ketones (excluding diaryl/α,β-unsaturated/α-hetero) is 1. The van der Waals surface area contributed by atoms with E-state index in [2.05, 4.69) is 0 Å². The molecule has 4 heteroatoms. The molecular weight excluding hydrogens is 254 g/mol. The van der Waals surface area contributed by atoms with E-state index in [1.54, 1.807) is 0 Å². The second-order valence-corrected chi connectivity index (χ2v) is 7.59. The Morgan fingerprint density at radius 3 is 2.50 bits per heavy atom. The number of carbonyl (C=O) groups excluding carboxylic acids is 2. The van der Waals surface area contributed by atoms with E-state index in [1.165, 1.54) is 0 Å². The number of hydrogen-bond acceptors (Lipinski definition) is 3. The summed E-state index contributed by atoms with van der Waals surface area (Å²) >= 11 is 0. The van der Waals surface area contributed by atoms with Crippen molar-refractivity contribution < 1.29 is 14.3 Å². The highest BCUT2D eigenvalue weighted by atomic mass is 16.6. The lowest BCUT2D eigenvalue weighted by atomic mass is 9.53. The third-order valence-electron chi connectivity index (χ3n) is 5.15. The molecule has 1 saturated heterocycles. The summed E-state index contributed by atoms with van der Waals surface area (Å²) in [4.78, 5) is 26.8. The van der Waals surface area contributed by atoms with E-state index in [0.29, 0.717) is 5.78 Å². The van der Waals surface area contributed by atoms with E-state index in [4.69, 9.17) is 4.74 Å². The Morgan fingerprint density at radius 2 is 1.90 bits per heavy atom. The highest BCUT2D eigenvalue weighted by Crippen LogP contribution is 2.58. The molecule has 0 unspecified atom stereocenters. The van der Waals surface area contributed by atoms with E-state index in [1.807, 2.05) is 25.7 Å². The molecule has 0 N–H and O–H groups in total. The smallest absolute Gasteiger partial charge is 0.410 e. The van der Waals surface area contributed by atoms with E-state index < -0.39 is 5.60 Å². The Bertz CT molecular complexity index is 431. The number of piperidine rings is 1. The number of fused-ring (bicyclic) bond motifs is 2. The van der Waals surface area contributed by atoms with Crippen molar-refractivity contribution in [3.8, 4) is 0 Å². The third kappa shape index (κ3) is 1.95. The van der Waals surface area contributed by atoms with Crippen LogP contribution in [0.1, 0.15) is 59.3 Å². The monoisotopic (exact) mass is 279 g/mol. The lowest BCUT2D eigenvalue weighted by Gasteiger charge is -2.58. The van der Waals surface area contributed by atoms with E-state index in [9.17, 15) is 9.59 Å². The van der Waals surface area contributed by atoms with Crippen molar-refractivity contribution in [1.82, 2.24) is 4.90 Å². The summed E-state index contributed by atoms with van der Waals surface area (Å²) in [6, 6.07) is 0.112. The molecule has 1 amide bonds. The molecule has 2 saturated carbocycles. The summed E-state index contributed by atoms with van der Waals surface area (Å²) in [5, 5.41) is 0. The van der Waals surface area contributed by atoms with Gasteiger partial charge >= 0.3 is 6.09 Å². The van der Waals surface area contributed by atoms with Crippen LogP contribution >= 0.6 is 0 Å². The normalized spacial score (nSPS) is 31.9. The van der Waals surface area contributed by atoms with Crippen LogP contribution in [0.15, 0.2) is 0 Å². The Labute approximate surface area is 120 Å². The minimum absolute atomic E-state index is 0.0781. The molecule has 20 heavy (non-hydrogen) atoms. The molecule has 2 aliphatic carbocycles. The van der Waals surface area contributed by atoms with Crippen LogP contribution in [0.4, 0.5) is 4.79 Å². The third-order valence-corrected chi connectivity index (χ3v) is 5.15. The number of rotatable bonds is 0. The van der Waals surface area contributed by atoms with Gasteiger partial charge in [-0.15, -0.1) is 0 Å². The van der Waals surface area contributed by atoms with Gasteiger partial charge in [-0.2, -0.15) is 0 Å². The number of hydrogen-bond donors (Lipinski definition) is 0. The highest BCUT2D eigenvalue weighted by molar-refractivity contribution is 5.96. The van der Waals surface area contributed by atoms with E-state index in [0.717, 1.165) is 45.1 Å². The van der Waals surface area contributed by atoms with Gasteiger partial charge in [0, 0.05) is 12.5 Å². The summed E-state index contributed by atoms with van der Waals surface area (Å²) in [5.41, 5.74) is -0.692. The summed E-state index contributed by atoms with van der Waals surface area (Å²) in [6.45, 7) is 6.42. The minimum atomic E-state index is -0.472. The fraction of sp³-hybridized carbons (Fsp3) is 0.875. The molecule has 3 fully saturated rings. The lowest BCUT2D eigenvalue weighted by molar-refractivity contribution is -0.164. The van der Waals surface area contributed by atoms with Gasteiger partial charge in [0.2, 0.25) is 0 Å². The van der Waals surface area contributed by atoms with Crippen LogP contribution in [-0.2, 0) is 9.53 Å². The molecule has 1 aliphatic heterocycles. The first-order valence-electron chi connectivity index (χ1n) is 7.89. The highest BCUT2D eigenvalue weighted by Gasteiger charge is 2.65. The van der Waals surface area contributed by atoms with E-state index >= 15 is 0 Å². The Morgan fingerprint density at radius 1 is 1.25 bits per heavy atom. The SMILES string of the molecule is CC(C)(C)OC(=O)N1CCC[C@H]2C(=O)C3(CCCC3)[C@H]21. The van der Waals surface area contributed by atoms with Crippen molar-refractivity contribution in [2.45, 2.75) is 70.9 Å². The molecule has 1 heterocycles. The molecule has 1 spiro atoms. The molecular formula is C16H25NO3. The molecule has 3 rings (SSSR count). The van der Waals surface area contributed by atoms with Crippen LogP contribution in [0.5, 0.6) is 0 Å². The maximum atomic E-state index is 12.5. The van der Waals surface area contributed by atoms with Gasteiger partial charge < -0.3 is 9.64 Å². The number of amides is 1. The first-order chi connectivity index (χ1) is 9.35. The molecule has 0 aromatic heterocycles. The largest absolute Gasteiger partial charge is 0.444 e. The number of nitrogens with zero attached hydrogens (tertiary/aromatic N) is 1. The topological polar surface area (TPSA) is 46.6 Å². The van der Waals surface area contributed by atoms with Gasteiger partial charge in [-0.05, 0) is 46.5 Å².